The Bertz CT molecular complexity index is 447. The predicted octanol–water partition coefficient (Wildman–Crippen LogP) is 13.1. The summed E-state index contributed by atoms with van der Waals surface area (Å²) in [5.41, 5.74) is 0. The van der Waals surface area contributed by atoms with Gasteiger partial charge in [0.05, 0.1) is 0 Å². The largest absolute Gasteiger partial charge is 0.462 e. The van der Waals surface area contributed by atoms with Crippen molar-refractivity contribution in [3.63, 3.8) is 0 Å². The van der Waals surface area contributed by atoms with Gasteiger partial charge in [-0.25, -0.2) is 0 Å². The van der Waals surface area contributed by atoms with Gasteiger partial charge < -0.3 is 4.74 Å². The van der Waals surface area contributed by atoms with Crippen molar-refractivity contribution in [1.82, 2.24) is 0 Å². The van der Waals surface area contributed by atoms with E-state index >= 15 is 0 Å². The van der Waals surface area contributed by atoms with Crippen LogP contribution in [0.5, 0.6) is 0 Å². The number of ether oxygens (including phenoxy) is 1. The van der Waals surface area contributed by atoms with Gasteiger partial charge in [-0.2, -0.15) is 0 Å². The predicted molar refractivity (Wildman–Crippen MR) is 170 cm³/mol. The third kappa shape index (κ3) is 30.0. The van der Waals surface area contributed by atoms with Gasteiger partial charge in [0.1, 0.15) is 6.10 Å². The Kier molecular flexibility index (Phi) is 32.2. The lowest BCUT2D eigenvalue weighted by molar-refractivity contribution is -0.150. The van der Waals surface area contributed by atoms with Crippen LogP contribution in [0.2, 0.25) is 0 Å². The van der Waals surface area contributed by atoms with E-state index in [1.807, 2.05) is 0 Å². The molecule has 2 nitrogen and oxygen atoms in total. The molecule has 0 aliphatic rings. The third-order valence-corrected chi connectivity index (χ3v) is 8.29. The number of carbonyl (C=O) groups excluding carboxylic acids is 1. The van der Waals surface area contributed by atoms with E-state index in [2.05, 4.69) is 20.8 Å². The summed E-state index contributed by atoms with van der Waals surface area (Å²) < 4.78 is 6.04. The van der Waals surface area contributed by atoms with Crippen LogP contribution in [-0.2, 0) is 9.53 Å². The molecule has 38 heavy (non-hydrogen) atoms. The zero-order chi connectivity index (χ0) is 27.8. The molecule has 0 aromatic heterocycles. The van der Waals surface area contributed by atoms with E-state index in [0.717, 1.165) is 19.3 Å². The van der Waals surface area contributed by atoms with Gasteiger partial charge in [-0.15, -0.1) is 0 Å². The van der Waals surface area contributed by atoms with Crippen molar-refractivity contribution in [3.05, 3.63) is 0 Å². The fraction of sp³-hybridized carbons (Fsp3) is 0.972. The fourth-order valence-electron chi connectivity index (χ4n) is 5.63. The Balaban J connectivity index is 4.04. The Morgan fingerprint density at radius 2 is 0.658 bits per heavy atom. The van der Waals surface area contributed by atoms with Gasteiger partial charge >= 0.3 is 5.97 Å². The van der Waals surface area contributed by atoms with E-state index in [9.17, 15) is 4.79 Å². The molecule has 0 radical (unpaired) electrons. The van der Waals surface area contributed by atoms with Crippen LogP contribution in [0.4, 0.5) is 0 Å². The first-order valence-corrected chi connectivity index (χ1v) is 17.9. The number of esters is 1. The zero-order valence-electron chi connectivity index (χ0n) is 26.8. The minimum atomic E-state index is 0.0703. The number of carbonyl (C=O) groups is 1. The molecule has 0 aliphatic heterocycles. The highest BCUT2D eigenvalue weighted by atomic mass is 16.5. The van der Waals surface area contributed by atoms with Gasteiger partial charge in [0.25, 0.3) is 0 Å². The van der Waals surface area contributed by atoms with Crippen LogP contribution in [0.3, 0.4) is 0 Å². The van der Waals surface area contributed by atoms with Crippen LogP contribution < -0.4 is 0 Å². The Labute approximate surface area is 241 Å². The van der Waals surface area contributed by atoms with Crippen molar-refractivity contribution in [2.75, 3.05) is 0 Å². The summed E-state index contributed by atoms with van der Waals surface area (Å²) in [7, 11) is 0. The maximum atomic E-state index is 12.6. The number of rotatable bonds is 32. The lowest BCUT2D eigenvalue weighted by Crippen LogP contribution is -2.18. The second-order valence-corrected chi connectivity index (χ2v) is 12.3. The van der Waals surface area contributed by atoms with Crippen molar-refractivity contribution in [3.8, 4) is 0 Å². The first-order chi connectivity index (χ1) is 18.7. The summed E-state index contributed by atoms with van der Waals surface area (Å²) in [6.07, 6.45) is 40.5. The van der Waals surface area contributed by atoms with Crippen molar-refractivity contribution in [1.29, 1.82) is 0 Å². The van der Waals surface area contributed by atoms with Crippen LogP contribution in [0.25, 0.3) is 0 Å². The zero-order valence-corrected chi connectivity index (χ0v) is 26.8. The first kappa shape index (κ1) is 37.5. The monoisotopic (exact) mass is 537 g/mol. The molecule has 0 fully saturated rings. The molecule has 0 aliphatic carbocycles. The summed E-state index contributed by atoms with van der Waals surface area (Å²) in [4.78, 5) is 12.6. The second kappa shape index (κ2) is 32.7. The Hall–Kier alpha value is -0.530. The van der Waals surface area contributed by atoms with Gasteiger partial charge in [0.15, 0.2) is 0 Å². The maximum Gasteiger partial charge on any atom is 0.306 e. The molecule has 0 N–H and O–H groups in total. The molecule has 228 valence electrons. The van der Waals surface area contributed by atoms with Crippen LogP contribution in [0.1, 0.15) is 220 Å². The van der Waals surface area contributed by atoms with Crippen LogP contribution in [0, 0.1) is 0 Å². The molecule has 0 rings (SSSR count). The first-order valence-electron chi connectivity index (χ1n) is 17.9. The van der Waals surface area contributed by atoms with E-state index in [0.29, 0.717) is 6.42 Å². The molecule has 0 aromatic rings. The molecular weight excluding hydrogens is 464 g/mol. The van der Waals surface area contributed by atoms with Gasteiger partial charge in [-0.1, -0.05) is 181 Å². The quantitative estimate of drug-likeness (QED) is 0.0631. The molecule has 0 heterocycles. The smallest absolute Gasteiger partial charge is 0.306 e. The SMILES string of the molecule is CCCCCCCCCCCCC(CCCCCCCCCCC)OC(=O)CCCCCCCCCCC. The van der Waals surface area contributed by atoms with E-state index < -0.39 is 0 Å². The molecule has 0 saturated heterocycles. The fourth-order valence-corrected chi connectivity index (χ4v) is 5.63. The molecule has 0 spiro atoms. The number of hydrogen-bond acceptors (Lipinski definition) is 2. The minimum Gasteiger partial charge on any atom is -0.462 e. The molecular formula is C36H72O2. The maximum absolute atomic E-state index is 12.6. The summed E-state index contributed by atoms with van der Waals surface area (Å²) >= 11 is 0. The molecule has 0 amide bonds. The highest BCUT2D eigenvalue weighted by Gasteiger charge is 2.14. The molecule has 0 saturated carbocycles. The van der Waals surface area contributed by atoms with Crippen LogP contribution in [0.15, 0.2) is 0 Å². The average molecular weight is 537 g/mol. The molecule has 0 bridgehead atoms. The van der Waals surface area contributed by atoms with Crippen molar-refractivity contribution >= 4 is 5.97 Å². The van der Waals surface area contributed by atoms with E-state index in [1.54, 1.807) is 0 Å². The molecule has 1 unspecified atom stereocenters. The highest BCUT2D eigenvalue weighted by Crippen LogP contribution is 2.19. The number of hydrogen-bond donors (Lipinski definition) is 0. The number of unbranched alkanes of at least 4 members (excludes halogenated alkanes) is 25. The lowest BCUT2D eigenvalue weighted by atomic mass is 10.0. The van der Waals surface area contributed by atoms with Crippen molar-refractivity contribution in [2.45, 2.75) is 226 Å². The third-order valence-electron chi connectivity index (χ3n) is 8.29. The van der Waals surface area contributed by atoms with Crippen LogP contribution >= 0.6 is 0 Å². The van der Waals surface area contributed by atoms with Gasteiger partial charge in [-0.3, -0.25) is 4.79 Å². The van der Waals surface area contributed by atoms with E-state index in [1.165, 1.54) is 173 Å². The Morgan fingerprint density at radius 3 is 0.974 bits per heavy atom. The normalized spacial score (nSPS) is 12.2. The molecule has 0 aromatic carbocycles. The summed E-state index contributed by atoms with van der Waals surface area (Å²) in [6.45, 7) is 6.85. The second-order valence-electron chi connectivity index (χ2n) is 12.3. The van der Waals surface area contributed by atoms with Gasteiger partial charge in [0, 0.05) is 6.42 Å². The summed E-state index contributed by atoms with van der Waals surface area (Å²) in [5.74, 6) is 0.0703. The van der Waals surface area contributed by atoms with Crippen molar-refractivity contribution < 1.29 is 9.53 Å². The van der Waals surface area contributed by atoms with E-state index in [-0.39, 0.29) is 12.1 Å². The lowest BCUT2D eigenvalue weighted by Gasteiger charge is -2.18. The Morgan fingerprint density at radius 1 is 0.395 bits per heavy atom. The average Bonchev–Trinajstić information content (AvgIpc) is 2.92. The topological polar surface area (TPSA) is 26.3 Å². The summed E-state index contributed by atoms with van der Waals surface area (Å²) in [5, 5.41) is 0. The molecule has 2 heteroatoms. The highest BCUT2D eigenvalue weighted by molar-refractivity contribution is 5.69. The summed E-state index contributed by atoms with van der Waals surface area (Å²) in [6, 6.07) is 0. The molecule has 1 atom stereocenters. The van der Waals surface area contributed by atoms with Gasteiger partial charge in [-0.05, 0) is 32.1 Å². The minimum absolute atomic E-state index is 0.0703. The standard InChI is InChI=1S/C36H72O2/c1-4-7-10-13-16-19-22-24-27-30-33-35(32-29-26-23-20-17-14-11-8-5-2)38-36(37)34-31-28-25-21-18-15-12-9-6-3/h35H,4-34H2,1-3H3. The van der Waals surface area contributed by atoms with Crippen molar-refractivity contribution in [2.24, 2.45) is 0 Å². The van der Waals surface area contributed by atoms with Gasteiger partial charge in [0.2, 0.25) is 0 Å². The van der Waals surface area contributed by atoms with E-state index in [4.69, 9.17) is 4.74 Å². The van der Waals surface area contributed by atoms with Crippen LogP contribution in [-0.4, -0.2) is 12.1 Å².